The molecule has 2 aliphatic heterocycles. The molecule has 2 amide bonds. The topological polar surface area (TPSA) is 55.9 Å². The summed E-state index contributed by atoms with van der Waals surface area (Å²) < 4.78 is 2.14. The molecule has 0 unspecified atom stereocenters. The first-order valence-corrected chi connectivity index (χ1v) is 12.0. The lowest BCUT2D eigenvalue weighted by Gasteiger charge is -2.39. The van der Waals surface area contributed by atoms with Crippen LogP contribution in [0.25, 0.3) is 0 Å². The van der Waals surface area contributed by atoms with E-state index in [4.69, 9.17) is 0 Å². The van der Waals surface area contributed by atoms with Gasteiger partial charge in [-0.25, -0.2) is 4.31 Å². The van der Waals surface area contributed by atoms with E-state index < -0.39 is 0 Å². The van der Waals surface area contributed by atoms with Gasteiger partial charge in [0.2, 0.25) is 11.8 Å². The zero-order valence-corrected chi connectivity index (χ0v) is 19.4. The monoisotopic (exact) mass is 432 g/mol. The minimum Gasteiger partial charge on any atom is -0.353 e. The lowest BCUT2D eigenvalue weighted by Crippen LogP contribution is -2.58. The Morgan fingerprint density at radius 1 is 1.07 bits per heavy atom. The molecule has 6 nitrogen and oxygen atoms in total. The van der Waals surface area contributed by atoms with E-state index in [1.54, 1.807) is 23.8 Å². The van der Waals surface area contributed by atoms with E-state index in [0.29, 0.717) is 32.1 Å². The maximum Gasteiger partial charge on any atom is 0.240 e. The lowest BCUT2D eigenvalue weighted by atomic mass is 10.0. The van der Waals surface area contributed by atoms with Gasteiger partial charge in [-0.05, 0) is 61.5 Å². The molecule has 0 spiro atoms. The van der Waals surface area contributed by atoms with Gasteiger partial charge in [0.15, 0.2) is 0 Å². The maximum absolute atomic E-state index is 13.0. The van der Waals surface area contributed by atoms with Crippen molar-refractivity contribution in [3.05, 3.63) is 29.8 Å². The van der Waals surface area contributed by atoms with Gasteiger partial charge >= 0.3 is 0 Å². The van der Waals surface area contributed by atoms with Crippen molar-refractivity contribution < 1.29 is 9.59 Å². The average molecular weight is 433 g/mol. The highest BCUT2D eigenvalue weighted by atomic mass is 32.2. The summed E-state index contributed by atoms with van der Waals surface area (Å²) in [4.78, 5) is 30.3. The molecule has 1 aromatic carbocycles. The quantitative estimate of drug-likeness (QED) is 0.672. The number of piperidine rings is 1. The molecule has 7 heteroatoms. The maximum atomic E-state index is 13.0. The van der Waals surface area contributed by atoms with Crippen LogP contribution >= 0.6 is 11.9 Å². The predicted octanol–water partition coefficient (Wildman–Crippen LogP) is 2.95. The third-order valence-corrected chi connectivity index (χ3v) is 7.18. The normalized spacial score (nSPS) is 21.1. The highest BCUT2D eigenvalue weighted by molar-refractivity contribution is 7.97. The Morgan fingerprint density at radius 2 is 1.77 bits per heavy atom. The van der Waals surface area contributed by atoms with Crippen LogP contribution in [0.3, 0.4) is 0 Å². The standard InChI is InChI=1S/C23H36N4O2S/c1-18(2)20-7-9-21(10-8-20)30-27-16-15-26(19(3)28)17-22(27)23(29)24-11-14-25-12-5-4-6-13-25/h7-10,18,22H,4-6,11-17H2,1-3H3,(H,24,29)/t22-/m1/s1. The first-order valence-electron chi connectivity index (χ1n) is 11.2. The van der Waals surface area contributed by atoms with Gasteiger partial charge in [0.1, 0.15) is 6.04 Å². The van der Waals surface area contributed by atoms with Gasteiger partial charge in [0.05, 0.1) is 0 Å². The first kappa shape index (κ1) is 23.1. The van der Waals surface area contributed by atoms with Crippen molar-refractivity contribution >= 4 is 23.8 Å². The molecule has 0 aromatic heterocycles. The molecule has 1 atom stereocenters. The number of hydrogen-bond acceptors (Lipinski definition) is 5. The number of carbonyl (C=O) groups is 2. The van der Waals surface area contributed by atoms with E-state index in [2.05, 4.69) is 52.6 Å². The minimum absolute atomic E-state index is 0.0178. The van der Waals surface area contributed by atoms with Gasteiger partial charge in [-0.2, -0.15) is 0 Å². The summed E-state index contributed by atoms with van der Waals surface area (Å²) in [5.74, 6) is 0.554. The van der Waals surface area contributed by atoms with Gasteiger partial charge in [-0.1, -0.05) is 32.4 Å². The molecular formula is C23H36N4O2S. The van der Waals surface area contributed by atoms with Crippen LogP contribution in [0.2, 0.25) is 0 Å². The Kier molecular flexibility index (Phi) is 8.60. The van der Waals surface area contributed by atoms with Gasteiger partial charge < -0.3 is 15.1 Å². The summed E-state index contributed by atoms with van der Waals surface area (Å²) in [6.45, 7) is 11.6. The second-order valence-electron chi connectivity index (χ2n) is 8.63. The fraction of sp³-hybridized carbons (Fsp3) is 0.652. The van der Waals surface area contributed by atoms with E-state index in [0.717, 1.165) is 24.5 Å². The number of likely N-dealkylation sites (tertiary alicyclic amines) is 1. The number of carbonyl (C=O) groups excluding carboxylic acids is 2. The molecule has 3 rings (SSSR count). The number of hydrogen-bond donors (Lipinski definition) is 1. The van der Waals surface area contributed by atoms with Crippen LogP contribution in [0.15, 0.2) is 29.2 Å². The van der Waals surface area contributed by atoms with E-state index in [-0.39, 0.29) is 17.9 Å². The average Bonchev–Trinajstić information content (AvgIpc) is 2.75. The van der Waals surface area contributed by atoms with Crippen LogP contribution in [0.1, 0.15) is 51.5 Å². The highest BCUT2D eigenvalue weighted by Gasteiger charge is 2.34. The van der Waals surface area contributed by atoms with Crippen molar-refractivity contribution in [2.75, 3.05) is 45.8 Å². The third kappa shape index (κ3) is 6.46. The van der Waals surface area contributed by atoms with Crippen molar-refractivity contribution in [3.8, 4) is 0 Å². The zero-order chi connectivity index (χ0) is 21.5. The van der Waals surface area contributed by atoms with Crippen molar-refractivity contribution in [2.45, 2.75) is 56.9 Å². The number of nitrogens with one attached hydrogen (secondary N) is 1. The van der Waals surface area contributed by atoms with Gasteiger partial charge in [0.25, 0.3) is 0 Å². The summed E-state index contributed by atoms with van der Waals surface area (Å²) in [6.07, 6.45) is 3.82. The molecule has 166 valence electrons. The molecule has 30 heavy (non-hydrogen) atoms. The predicted molar refractivity (Wildman–Crippen MR) is 122 cm³/mol. The summed E-state index contributed by atoms with van der Waals surface area (Å²) in [5, 5.41) is 3.13. The highest BCUT2D eigenvalue weighted by Crippen LogP contribution is 2.29. The minimum atomic E-state index is -0.334. The van der Waals surface area contributed by atoms with Gasteiger partial charge in [-0.15, -0.1) is 0 Å². The molecule has 0 saturated carbocycles. The third-order valence-electron chi connectivity index (χ3n) is 6.02. The van der Waals surface area contributed by atoms with Crippen molar-refractivity contribution in [2.24, 2.45) is 0 Å². The van der Waals surface area contributed by atoms with Crippen molar-refractivity contribution in [1.82, 2.24) is 19.4 Å². The van der Waals surface area contributed by atoms with Gasteiger partial charge in [-0.3, -0.25) is 9.59 Å². The number of amides is 2. The van der Waals surface area contributed by atoms with Crippen LogP contribution in [-0.4, -0.2) is 77.8 Å². The number of nitrogens with zero attached hydrogens (tertiary/aromatic N) is 3. The van der Waals surface area contributed by atoms with E-state index in [9.17, 15) is 9.59 Å². The van der Waals surface area contributed by atoms with Crippen LogP contribution in [-0.2, 0) is 9.59 Å². The smallest absolute Gasteiger partial charge is 0.240 e. The Morgan fingerprint density at radius 3 is 2.40 bits per heavy atom. The lowest BCUT2D eigenvalue weighted by molar-refractivity contribution is -0.134. The molecule has 1 aromatic rings. The fourth-order valence-electron chi connectivity index (χ4n) is 4.06. The van der Waals surface area contributed by atoms with Crippen molar-refractivity contribution in [1.29, 1.82) is 0 Å². The van der Waals surface area contributed by atoms with E-state index >= 15 is 0 Å². The fourth-order valence-corrected chi connectivity index (χ4v) is 5.05. The summed E-state index contributed by atoms with van der Waals surface area (Å²) in [5.41, 5.74) is 1.31. The summed E-state index contributed by atoms with van der Waals surface area (Å²) in [6, 6.07) is 8.24. The van der Waals surface area contributed by atoms with Crippen LogP contribution < -0.4 is 5.32 Å². The number of piperazine rings is 1. The second-order valence-corrected chi connectivity index (χ2v) is 9.75. The Hall–Kier alpha value is -1.57. The molecule has 0 radical (unpaired) electrons. The molecule has 2 heterocycles. The van der Waals surface area contributed by atoms with Gasteiger partial charge in [0, 0.05) is 44.5 Å². The Bertz CT molecular complexity index is 704. The SMILES string of the molecule is CC(=O)N1CCN(Sc2ccc(C(C)C)cc2)[C@@H](C(=O)NCCN2CCCCC2)C1. The first-order chi connectivity index (χ1) is 14.4. The van der Waals surface area contributed by atoms with E-state index in [1.165, 1.54) is 24.8 Å². The molecule has 0 aliphatic carbocycles. The summed E-state index contributed by atoms with van der Waals surface area (Å²) in [7, 11) is 0. The second kappa shape index (κ2) is 11.2. The zero-order valence-electron chi connectivity index (χ0n) is 18.6. The summed E-state index contributed by atoms with van der Waals surface area (Å²) >= 11 is 1.62. The largest absolute Gasteiger partial charge is 0.353 e. The van der Waals surface area contributed by atoms with Crippen LogP contribution in [0, 0.1) is 0 Å². The molecule has 2 saturated heterocycles. The molecule has 2 fully saturated rings. The van der Waals surface area contributed by atoms with Crippen LogP contribution in [0.4, 0.5) is 0 Å². The van der Waals surface area contributed by atoms with Crippen LogP contribution in [0.5, 0.6) is 0 Å². The Labute approximate surface area is 185 Å². The van der Waals surface area contributed by atoms with E-state index in [1.807, 2.05) is 0 Å². The molecule has 0 bridgehead atoms. The number of benzene rings is 1. The van der Waals surface area contributed by atoms with Crippen molar-refractivity contribution in [3.63, 3.8) is 0 Å². The number of rotatable bonds is 7. The molecular weight excluding hydrogens is 396 g/mol. The Balaban J connectivity index is 1.59. The molecule has 2 aliphatic rings. The molecule has 1 N–H and O–H groups in total.